The number of hydrogen-bond donors (Lipinski definition) is 2. The standard InChI is InChI=1S/C16H30N4S/c1-6-14(7-2)11-19-16(17-8-3)18-10-9-15-12(4)20-13(5)21-15/h14H,6-11H2,1-5H3,(H2,17,18,19). The highest BCUT2D eigenvalue weighted by Gasteiger charge is 2.06. The van der Waals surface area contributed by atoms with Gasteiger partial charge < -0.3 is 10.6 Å². The van der Waals surface area contributed by atoms with E-state index in [2.05, 4.69) is 50.2 Å². The third kappa shape index (κ3) is 6.46. The first-order valence-corrected chi connectivity index (χ1v) is 8.87. The van der Waals surface area contributed by atoms with E-state index in [4.69, 9.17) is 4.99 Å². The summed E-state index contributed by atoms with van der Waals surface area (Å²) in [6.07, 6.45) is 3.39. The third-order valence-electron chi connectivity index (χ3n) is 3.65. The molecule has 0 bridgehead atoms. The molecular formula is C16H30N4S. The van der Waals surface area contributed by atoms with E-state index < -0.39 is 0 Å². The van der Waals surface area contributed by atoms with Crippen molar-refractivity contribution in [3.8, 4) is 0 Å². The van der Waals surface area contributed by atoms with Gasteiger partial charge in [0.1, 0.15) is 0 Å². The fourth-order valence-corrected chi connectivity index (χ4v) is 3.15. The van der Waals surface area contributed by atoms with Gasteiger partial charge in [0.2, 0.25) is 0 Å². The lowest BCUT2D eigenvalue weighted by Gasteiger charge is -2.13. The first-order valence-electron chi connectivity index (χ1n) is 8.05. The molecule has 0 aliphatic carbocycles. The van der Waals surface area contributed by atoms with E-state index in [1.165, 1.54) is 23.4 Å². The molecular weight excluding hydrogens is 280 g/mol. The predicted octanol–water partition coefficient (Wildman–Crippen LogP) is 3.29. The van der Waals surface area contributed by atoms with Crippen LogP contribution < -0.4 is 10.6 Å². The molecule has 0 radical (unpaired) electrons. The van der Waals surface area contributed by atoms with Gasteiger partial charge in [0.25, 0.3) is 0 Å². The smallest absolute Gasteiger partial charge is 0.191 e. The number of thiazole rings is 1. The normalized spacial score (nSPS) is 12.0. The highest BCUT2D eigenvalue weighted by atomic mass is 32.1. The van der Waals surface area contributed by atoms with Gasteiger partial charge >= 0.3 is 0 Å². The molecule has 0 fully saturated rings. The van der Waals surface area contributed by atoms with Crippen LogP contribution in [0.5, 0.6) is 0 Å². The molecule has 21 heavy (non-hydrogen) atoms. The van der Waals surface area contributed by atoms with Crippen molar-refractivity contribution in [1.29, 1.82) is 0 Å². The maximum Gasteiger partial charge on any atom is 0.191 e. The van der Waals surface area contributed by atoms with Crippen molar-refractivity contribution < 1.29 is 0 Å². The molecule has 2 N–H and O–H groups in total. The topological polar surface area (TPSA) is 49.3 Å². The number of aliphatic imine (C=N–C) groups is 1. The van der Waals surface area contributed by atoms with E-state index >= 15 is 0 Å². The second kappa shape index (κ2) is 9.77. The first-order chi connectivity index (χ1) is 10.1. The van der Waals surface area contributed by atoms with Gasteiger partial charge in [-0.2, -0.15) is 0 Å². The minimum atomic E-state index is 0.687. The summed E-state index contributed by atoms with van der Waals surface area (Å²) in [6.45, 7) is 13.4. The van der Waals surface area contributed by atoms with Crippen LogP contribution in [0.2, 0.25) is 0 Å². The van der Waals surface area contributed by atoms with Gasteiger partial charge in [0.05, 0.1) is 10.7 Å². The molecule has 0 unspecified atom stereocenters. The van der Waals surface area contributed by atoms with Crippen molar-refractivity contribution in [2.45, 2.75) is 53.9 Å². The second-order valence-corrected chi connectivity index (χ2v) is 6.61. The Kier molecular flexibility index (Phi) is 8.35. The summed E-state index contributed by atoms with van der Waals surface area (Å²) >= 11 is 1.79. The summed E-state index contributed by atoms with van der Waals surface area (Å²) < 4.78 is 0. The Balaban J connectivity index is 2.47. The monoisotopic (exact) mass is 310 g/mol. The van der Waals surface area contributed by atoms with Crippen LogP contribution in [0.4, 0.5) is 0 Å². The molecule has 0 saturated heterocycles. The van der Waals surface area contributed by atoms with E-state index in [1.54, 1.807) is 11.3 Å². The average Bonchev–Trinajstić information content (AvgIpc) is 2.78. The molecule has 0 atom stereocenters. The van der Waals surface area contributed by atoms with Gasteiger partial charge in [0.15, 0.2) is 5.96 Å². The Labute approximate surface area is 133 Å². The van der Waals surface area contributed by atoms with E-state index in [1.807, 2.05) is 0 Å². The number of hydrogen-bond acceptors (Lipinski definition) is 3. The van der Waals surface area contributed by atoms with Crippen LogP contribution in [0.1, 0.15) is 49.2 Å². The zero-order chi connectivity index (χ0) is 15.7. The zero-order valence-electron chi connectivity index (χ0n) is 14.1. The highest BCUT2D eigenvalue weighted by Crippen LogP contribution is 2.17. The van der Waals surface area contributed by atoms with Crippen molar-refractivity contribution in [3.05, 3.63) is 15.6 Å². The lowest BCUT2D eigenvalue weighted by Crippen LogP contribution is -2.38. The molecule has 5 heteroatoms. The van der Waals surface area contributed by atoms with Crippen LogP contribution in [0.15, 0.2) is 4.99 Å². The Morgan fingerprint density at radius 3 is 2.43 bits per heavy atom. The molecule has 120 valence electrons. The van der Waals surface area contributed by atoms with Crippen molar-refractivity contribution in [3.63, 3.8) is 0 Å². The summed E-state index contributed by atoms with van der Waals surface area (Å²) in [5.74, 6) is 1.62. The summed E-state index contributed by atoms with van der Waals surface area (Å²) in [4.78, 5) is 10.5. The van der Waals surface area contributed by atoms with Crippen LogP contribution in [-0.4, -0.2) is 30.6 Å². The molecule has 0 amide bonds. The van der Waals surface area contributed by atoms with Gasteiger partial charge in [0, 0.05) is 30.9 Å². The number of rotatable bonds is 8. The van der Waals surface area contributed by atoms with Crippen LogP contribution >= 0.6 is 11.3 Å². The van der Waals surface area contributed by atoms with E-state index in [0.717, 1.165) is 37.0 Å². The molecule has 1 aromatic rings. The number of guanidine groups is 1. The molecule has 0 saturated carbocycles. The molecule has 0 aliphatic rings. The van der Waals surface area contributed by atoms with Gasteiger partial charge in [-0.05, 0) is 26.7 Å². The van der Waals surface area contributed by atoms with Crippen LogP contribution in [0, 0.1) is 19.8 Å². The molecule has 0 spiro atoms. The molecule has 1 heterocycles. The minimum absolute atomic E-state index is 0.687. The fraction of sp³-hybridized carbons (Fsp3) is 0.750. The molecule has 1 rings (SSSR count). The van der Waals surface area contributed by atoms with E-state index in [0.29, 0.717) is 5.92 Å². The van der Waals surface area contributed by atoms with Crippen molar-refractivity contribution >= 4 is 17.3 Å². The largest absolute Gasteiger partial charge is 0.357 e. The summed E-state index contributed by atoms with van der Waals surface area (Å²) in [5.41, 5.74) is 1.17. The molecule has 0 aliphatic heterocycles. The zero-order valence-corrected chi connectivity index (χ0v) is 14.9. The van der Waals surface area contributed by atoms with Gasteiger partial charge in [-0.3, -0.25) is 4.99 Å². The van der Waals surface area contributed by atoms with Crippen LogP contribution in [0.25, 0.3) is 0 Å². The molecule has 0 aromatic carbocycles. The Bertz CT molecular complexity index is 435. The molecule has 4 nitrogen and oxygen atoms in total. The first kappa shape index (κ1) is 18.0. The van der Waals surface area contributed by atoms with Crippen molar-refractivity contribution in [2.24, 2.45) is 10.9 Å². The Hall–Kier alpha value is -1.10. The SMILES string of the molecule is CCNC(=NCC(CC)CC)NCCc1sc(C)nc1C. The van der Waals surface area contributed by atoms with Gasteiger partial charge in [-0.1, -0.05) is 26.7 Å². The fourth-order valence-electron chi connectivity index (χ4n) is 2.21. The lowest BCUT2D eigenvalue weighted by atomic mass is 10.0. The Morgan fingerprint density at radius 2 is 1.90 bits per heavy atom. The quantitative estimate of drug-likeness (QED) is 0.572. The predicted molar refractivity (Wildman–Crippen MR) is 93.3 cm³/mol. The maximum atomic E-state index is 4.70. The van der Waals surface area contributed by atoms with Crippen molar-refractivity contribution in [1.82, 2.24) is 15.6 Å². The average molecular weight is 311 g/mol. The maximum absolute atomic E-state index is 4.70. The summed E-state index contributed by atoms with van der Waals surface area (Å²) in [6, 6.07) is 0. The Morgan fingerprint density at radius 1 is 1.19 bits per heavy atom. The number of aryl methyl sites for hydroxylation is 2. The van der Waals surface area contributed by atoms with Crippen LogP contribution in [0.3, 0.4) is 0 Å². The third-order valence-corrected chi connectivity index (χ3v) is 4.78. The number of nitrogens with zero attached hydrogens (tertiary/aromatic N) is 2. The van der Waals surface area contributed by atoms with Crippen molar-refractivity contribution in [2.75, 3.05) is 19.6 Å². The van der Waals surface area contributed by atoms with Gasteiger partial charge in [-0.15, -0.1) is 11.3 Å². The lowest BCUT2D eigenvalue weighted by molar-refractivity contribution is 0.504. The van der Waals surface area contributed by atoms with Gasteiger partial charge in [-0.25, -0.2) is 4.98 Å². The van der Waals surface area contributed by atoms with Crippen LogP contribution in [-0.2, 0) is 6.42 Å². The van der Waals surface area contributed by atoms with E-state index in [9.17, 15) is 0 Å². The minimum Gasteiger partial charge on any atom is -0.357 e. The number of nitrogens with one attached hydrogen (secondary N) is 2. The highest BCUT2D eigenvalue weighted by molar-refractivity contribution is 7.11. The molecule has 1 aromatic heterocycles. The van der Waals surface area contributed by atoms with E-state index in [-0.39, 0.29) is 0 Å². The summed E-state index contributed by atoms with van der Waals surface area (Å²) in [5, 5.41) is 7.90. The number of aromatic nitrogens is 1. The summed E-state index contributed by atoms with van der Waals surface area (Å²) in [7, 11) is 0. The second-order valence-electron chi connectivity index (χ2n) is 5.32.